The summed E-state index contributed by atoms with van der Waals surface area (Å²) in [5, 5.41) is 30.6. The van der Waals surface area contributed by atoms with Gasteiger partial charge in [0.15, 0.2) is 0 Å². The molecule has 39 heavy (non-hydrogen) atoms. The Labute approximate surface area is 232 Å². The number of rotatable bonds is 12. The van der Waals surface area contributed by atoms with Crippen molar-refractivity contribution in [3.05, 3.63) is 71.8 Å². The fraction of sp³-hybridized carbons (Fsp3) is 0.533. The summed E-state index contributed by atoms with van der Waals surface area (Å²) in [7, 11) is 0. The molecule has 0 radical (unpaired) electrons. The maximum atomic E-state index is 12.5. The number of aliphatic hydroxyl groups is 2. The van der Waals surface area contributed by atoms with E-state index < -0.39 is 47.7 Å². The van der Waals surface area contributed by atoms with Gasteiger partial charge in [-0.1, -0.05) is 60.7 Å². The molecule has 9 nitrogen and oxygen atoms in total. The van der Waals surface area contributed by atoms with Crippen LogP contribution in [0.4, 0.5) is 9.59 Å². The largest absolute Gasteiger partial charge is 0.444 e. The molecule has 0 unspecified atom stereocenters. The van der Waals surface area contributed by atoms with Crippen molar-refractivity contribution in [2.24, 2.45) is 0 Å². The second kappa shape index (κ2) is 14.9. The fourth-order valence-electron chi connectivity index (χ4n) is 3.88. The predicted molar refractivity (Wildman–Crippen MR) is 151 cm³/mol. The third-order valence-corrected chi connectivity index (χ3v) is 5.64. The molecule has 0 fully saturated rings. The molecule has 0 bridgehead atoms. The fourth-order valence-corrected chi connectivity index (χ4v) is 3.88. The highest BCUT2D eigenvalue weighted by atomic mass is 16.6. The van der Waals surface area contributed by atoms with Crippen LogP contribution in [0, 0.1) is 0 Å². The number of nitrogens with one attached hydrogen (secondary N) is 3. The van der Waals surface area contributed by atoms with Gasteiger partial charge in [0.25, 0.3) is 0 Å². The highest BCUT2D eigenvalue weighted by Crippen LogP contribution is 2.12. The highest BCUT2D eigenvalue weighted by molar-refractivity contribution is 5.68. The summed E-state index contributed by atoms with van der Waals surface area (Å²) in [5.74, 6) is 0. The zero-order valence-electron chi connectivity index (χ0n) is 23.9. The van der Waals surface area contributed by atoms with Crippen molar-refractivity contribution in [1.82, 2.24) is 16.0 Å². The van der Waals surface area contributed by atoms with Crippen molar-refractivity contribution in [2.75, 3.05) is 13.1 Å². The van der Waals surface area contributed by atoms with E-state index in [-0.39, 0.29) is 13.1 Å². The van der Waals surface area contributed by atoms with Crippen molar-refractivity contribution in [1.29, 1.82) is 0 Å². The van der Waals surface area contributed by atoms with E-state index in [0.717, 1.165) is 11.1 Å². The molecule has 2 aromatic carbocycles. The van der Waals surface area contributed by atoms with Gasteiger partial charge in [-0.15, -0.1) is 0 Å². The van der Waals surface area contributed by atoms with Crippen LogP contribution in [-0.4, -0.2) is 71.0 Å². The summed E-state index contributed by atoms with van der Waals surface area (Å²) in [6.45, 7) is 10.8. The van der Waals surface area contributed by atoms with Crippen LogP contribution in [0.2, 0.25) is 0 Å². The molecule has 0 aliphatic heterocycles. The van der Waals surface area contributed by atoms with Gasteiger partial charge in [-0.2, -0.15) is 0 Å². The number of amides is 2. The smallest absolute Gasteiger partial charge is 0.407 e. The minimum absolute atomic E-state index is 0.0921. The number of carbonyl (C=O) groups excluding carboxylic acids is 2. The van der Waals surface area contributed by atoms with Crippen molar-refractivity contribution >= 4 is 12.2 Å². The minimum atomic E-state index is -0.976. The van der Waals surface area contributed by atoms with Gasteiger partial charge in [0, 0.05) is 13.1 Å². The van der Waals surface area contributed by atoms with Gasteiger partial charge in [-0.05, 0) is 65.5 Å². The summed E-state index contributed by atoms with van der Waals surface area (Å²) in [4.78, 5) is 24.9. The lowest BCUT2D eigenvalue weighted by molar-refractivity contribution is 0.0399. The van der Waals surface area contributed by atoms with E-state index in [1.54, 1.807) is 41.5 Å². The second-order valence-electron chi connectivity index (χ2n) is 11.7. The summed E-state index contributed by atoms with van der Waals surface area (Å²) in [6.07, 6.45) is -2.41. The van der Waals surface area contributed by atoms with Gasteiger partial charge >= 0.3 is 12.2 Å². The molecular weight excluding hydrogens is 498 g/mol. The van der Waals surface area contributed by atoms with E-state index in [2.05, 4.69) is 16.0 Å². The zero-order valence-corrected chi connectivity index (χ0v) is 23.9. The first-order chi connectivity index (χ1) is 18.2. The van der Waals surface area contributed by atoms with Crippen LogP contribution in [0.3, 0.4) is 0 Å². The van der Waals surface area contributed by atoms with Gasteiger partial charge in [-0.3, -0.25) is 0 Å². The van der Waals surface area contributed by atoms with Gasteiger partial charge in [0.05, 0.1) is 24.3 Å². The lowest BCUT2D eigenvalue weighted by atomic mass is 10.00. The molecule has 0 heterocycles. The maximum absolute atomic E-state index is 12.5. The van der Waals surface area contributed by atoms with Crippen molar-refractivity contribution in [3.8, 4) is 0 Å². The predicted octanol–water partition coefficient (Wildman–Crippen LogP) is 3.57. The van der Waals surface area contributed by atoms with E-state index in [1.165, 1.54) is 0 Å². The van der Waals surface area contributed by atoms with Gasteiger partial charge in [0.1, 0.15) is 11.2 Å². The molecular formula is C30H45N3O6. The average molecular weight is 544 g/mol. The van der Waals surface area contributed by atoms with Crippen LogP contribution in [0.15, 0.2) is 60.7 Å². The van der Waals surface area contributed by atoms with E-state index >= 15 is 0 Å². The van der Waals surface area contributed by atoms with Crippen molar-refractivity contribution < 1.29 is 29.3 Å². The SMILES string of the molecule is CC(C)(C)OC(=O)N[C@@H](Cc1ccccc1)[C@H](O)CNC[C@@H](O)[C@@H](Cc1ccccc1)NC(=O)OC(C)(C)C. The lowest BCUT2D eigenvalue weighted by Gasteiger charge is -2.29. The molecule has 0 aliphatic rings. The van der Waals surface area contributed by atoms with E-state index in [4.69, 9.17) is 9.47 Å². The van der Waals surface area contributed by atoms with Crippen molar-refractivity contribution in [2.45, 2.75) is 89.9 Å². The summed E-state index contributed by atoms with van der Waals surface area (Å²) >= 11 is 0. The van der Waals surface area contributed by atoms with Crippen LogP contribution < -0.4 is 16.0 Å². The summed E-state index contributed by atoms with van der Waals surface area (Å²) in [5.41, 5.74) is 0.539. The first-order valence-electron chi connectivity index (χ1n) is 13.4. The molecule has 4 atom stereocenters. The van der Waals surface area contributed by atoms with Crippen LogP contribution in [-0.2, 0) is 22.3 Å². The lowest BCUT2D eigenvalue weighted by Crippen LogP contribution is -2.53. The summed E-state index contributed by atoms with van der Waals surface area (Å²) < 4.78 is 10.8. The topological polar surface area (TPSA) is 129 Å². The van der Waals surface area contributed by atoms with Gasteiger partial charge in [-0.25, -0.2) is 9.59 Å². The molecule has 5 N–H and O–H groups in total. The zero-order chi connectivity index (χ0) is 29.1. The van der Waals surface area contributed by atoms with Crippen molar-refractivity contribution in [3.63, 3.8) is 0 Å². The van der Waals surface area contributed by atoms with E-state index in [9.17, 15) is 19.8 Å². The van der Waals surface area contributed by atoms with E-state index in [1.807, 2.05) is 60.7 Å². The molecule has 216 valence electrons. The molecule has 0 aromatic heterocycles. The van der Waals surface area contributed by atoms with Crippen LogP contribution >= 0.6 is 0 Å². The number of hydrogen-bond acceptors (Lipinski definition) is 7. The van der Waals surface area contributed by atoms with Gasteiger partial charge in [0.2, 0.25) is 0 Å². The van der Waals surface area contributed by atoms with Gasteiger partial charge < -0.3 is 35.6 Å². The van der Waals surface area contributed by atoms with Crippen LogP contribution in [0.5, 0.6) is 0 Å². The number of alkyl carbamates (subject to hydrolysis) is 2. The first kappa shape index (κ1) is 32.1. The second-order valence-corrected chi connectivity index (χ2v) is 11.7. The Morgan fingerprint density at radius 3 is 1.31 bits per heavy atom. The Balaban J connectivity index is 2.03. The Kier molecular flexibility index (Phi) is 12.2. The molecule has 0 saturated heterocycles. The first-order valence-corrected chi connectivity index (χ1v) is 13.4. The standard InChI is InChI=1S/C30H45N3O6/c1-29(2,3)38-27(36)32-23(17-21-13-9-7-10-14-21)25(34)19-31-20-26(35)24(18-22-15-11-8-12-16-22)33-28(37)39-30(4,5)6/h7-16,23-26,31,34-35H,17-20H2,1-6H3,(H,32,36)(H,33,37)/t23-,24+,25-,26-/m1/s1. The third kappa shape index (κ3) is 13.5. The Morgan fingerprint density at radius 1 is 0.667 bits per heavy atom. The average Bonchev–Trinajstić information content (AvgIpc) is 2.82. The van der Waals surface area contributed by atoms with E-state index in [0.29, 0.717) is 12.8 Å². The maximum Gasteiger partial charge on any atom is 0.407 e. The number of hydrogen-bond donors (Lipinski definition) is 5. The molecule has 2 aromatic rings. The Morgan fingerprint density at radius 2 is 1.00 bits per heavy atom. The number of carbonyl (C=O) groups is 2. The normalized spacial score (nSPS) is 15.0. The quantitative estimate of drug-likeness (QED) is 0.277. The number of benzene rings is 2. The highest BCUT2D eigenvalue weighted by Gasteiger charge is 2.27. The molecule has 2 rings (SSSR count). The third-order valence-electron chi connectivity index (χ3n) is 5.64. The molecule has 2 amide bonds. The molecule has 0 aliphatic carbocycles. The summed E-state index contributed by atoms with van der Waals surface area (Å²) in [6, 6.07) is 17.8. The number of aliphatic hydroxyl groups excluding tert-OH is 2. The Bertz CT molecular complexity index is 923. The molecule has 0 saturated carbocycles. The molecule has 0 spiro atoms. The van der Waals surface area contributed by atoms with Crippen LogP contribution in [0.25, 0.3) is 0 Å². The Hall–Kier alpha value is -3.14. The molecule has 9 heteroatoms. The number of ether oxygens (including phenoxy) is 2. The minimum Gasteiger partial charge on any atom is -0.444 e. The van der Waals surface area contributed by atoms with Crippen LogP contribution in [0.1, 0.15) is 52.7 Å². The monoisotopic (exact) mass is 543 g/mol.